The highest BCUT2D eigenvalue weighted by molar-refractivity contribution is 7.71. The first-order valence-corrected chi connectivity index (χ1v) is 14.9. The van der Waals surface area contributed by atoms with Crippen LogP contribution in [0.5, 0.6) is 0 Å². The van der Waals surface area contributed by atoms with Gasteiger partial charge in [-0.05, 0) is 52.9 Å². The molecule has 0 unspecified atom stereocenters. The molecule has 4 heteroatoms. The van der Waals surface area contributed by atoms with Crippen LogP contribution in [0.3, 0.4) is 0 Å². The Bertz CT molecular complexity index is 1600. The molecule has 3 nitrogen and oxygen atoms in total. The molecule has 0 radical (unpaired) electrons. The van der Waals surface area contributed by atoms with E-state index in [1.165, 1.54) is 5.56 Å². The second-order valence-electron chi connectivity index (χ2n) is 10.8. The van der Waals surface area contributed by atoms with E-state index in [9.17, 15) is 4.79 Å². The van der Waals surface area contributed by atoms with E-state index in [-0.39, 0.29) is 17.9 Å². The first-order valence-electron chi connectivity index (χ1n) is 13.2. The molecular formula is C33H30NO2P. The molecule has 5 atom stereocenters. The zero-order chi connectivity index (χ0) is 25.2. The summed E-state index contributed by atoms with van der Waals surface area (Å²) in [4.78, 5) is 12.9. The highest BCUT2D eigenvalue weighted by atomic mass is 31.2. The number of carbonyl (C=O) groups excluding carboxylic acids is 1. The van der Waals surface area contributed by atoms with Crippen molar-refractivity contribution in [2.45, 2.75) is 30.5 Å². The molecule has 0 amide bonds. The number of fused-ring (bicyclic) bond motifs is 4. The Morgan fingerprint density at radius 1 is 0.865 bits per heavy atom. The highest BCUT2D eigenvalue weighted by Crippen LogP contribution is 2.81. The topological polar surface area (TPSA) is 37.4 Å². The zero-order valence-electron chi connectivity index (χ0n) is 21.0. The largest absolute Gasteiger partial charge is 0.300 e. The number of hydrogen-bond acceptors (Lipinski definition) is 2. The lowest BCUT2D eigenvalue weighted by Crippen LogP contribution is -2.42. The van der Waals surface area contributed by atoms with Crippen LogP contribution in [0.25, 0.3) is 16.8 Å². The third kappa shape index (κ3) is 2.99. The van der Waals surface area contributed by atoms with Gasteiger partial charge in [-0.25, -0.2) is 4.67 Å². The number of nitrogens with zero attached hydrogens (tertiary/aromatic N) is 1. The lowest BCUT2D eigenvalue weighted by atomic mass is 9.67. The summed E-state index contributed by atoms with van der Waals surface area (Å²) in [6, 6.07) is 33.5. The maximum Gasteiger partial charge on any atom is 0.190 e. The number of rotatable bonds is 3. The SMILES string of the molecule is CN1[C@@H](c2ccccc2)[C@H]2C=Cc3ccccc3[C@@]2([C@H]2CCC(=O)C2)[P@]1(=O)c1cccc2ccccc12. The molecule has 0 spiro atoms. The zero-order valence-corrected chi connectivity index (χ0v) is 21.9. The van der Waals surface area contributed by atoms with Gasteiger partial charge in [-0.15, -0.1) is 0 Å². The summed E-state index contributed by atoms with van der Waals surface area (Å²) in [5.74, 6) is 0.285. The minimum atomic E-state index is -3.32. The summed E-state index contributed by atoms with van der Waals surface area (Å²) in [5, 5.41) is 2.37. The van der Waals surface area contributed by atoms with Gasteiger partial charge in [0.25, 0.3) is 0 Å². The van der Waals surface area contributed by atoms with E-state index in [4.69, 9.17) is 0 Å². The smallest absolute Gasteiger partial charge is 0.190 e. The Balaban J connectivity index is 1.62. The number of Topliss-reactive ketones (excluding diaryl/α,β-unsaturated/α-hetero) is 1. The molecule has 37 heavy (non-hydrogen) atoms. The average Bonchev–Trinajstić information content (AvgIpc) is 3.46. The molecule has 184 valence electrons. The molecule has 3 aliphatic rings. The minimum absolute atomic E-state index is 0.0112. The lowest BCUT2D eigenvalue weighted by molar-refractivity contribution is -0.117. The number of hydrogen-bond donors (Lipinski definition) is 0. The fourth-order valence-electron chi connectivity index (χ4n) is 7.77. The second-order valence-corrected chi connectivity index (χ2v) is 13.8. The lowest BCUT2D eigenvalue weighted by Gasteiger charge is -2.47. The number of ketones is 1. The van der Waals surface area contributed by atoms with Gasteiger partial charge in [0.2, 0.25) is 0 Å². The first kappa shape index (κ1) is 22.9. The Labute approximate surface area is 218 Å². The molecule has 0 bridgehead atoms. The summed E-state index contributed by atoms with van der Waals surface area (Å²) in [7, 11) is -1.26. The van der Waals surface area contributed by atoms with Crippen molar-refractivity contribution in [3.8, 4) is 0 Å². The number of benzene rings is 4. The molecule has 0 N–H and O–H groups in total. The Kier molecular flexibility index (Phi) is 5.19. The third-order valence-electron chi connectivity index (χ3n) is 9.17. The predicted molar refractivity (Wildman–Crippen MR) is 151 cm³/mol. The van der Waals surface area contributed by atoms with Crippen LogP contribution in [0.2, 0.25) is 0 Å². The molecule has 2 fully saturated rings. The van der Waals surface area contributed by atoms with E-state index >= 15 is 4.57 Å². The Morgan fingerprint density at radius 3 is 2.41 bits per heavy atom. The van der Waals surface area contributed by atoms with Crippen molar-refractivity contribution in [1.29, 1.82) is 0 Å². The van der Waals surface area contributed by atoms with E-state index < -0.39 is 12.4 Å². The third-order valence-corrected chi connectivity index (χ3v) is 13.3. The van der Waals surface area contributed by atoms with E-state index in [1.807, 2.05) is 24.3 Å². The normalized spacial score (nSPS) is 30.9. The van der Waals surface area contributed by atoms with Crippen LogP contribution in [0.4, 0.5) is 0 Å². The van der Waals surface area contributed by atoms with Crippen LogP contribution in [-0.4, -0.2) is 17.5 Å². The van der Waals surface area contributed by atoms with Crippen molar-refractivity contribution in [3.05, 3.63) is 120 Å². The van der Waals surface area contributed by atoms with Crippen molar-refractivity contribution < 1.29 is 9.36 Å². The van der Waals surface area contributed by atoms with E-state index in [0.717, 1.165) is 33.6 Å². The summed E-state index contributed by atoms with van der Waals surface area (Å²) in [6.07, 6.45) is 6.37. The van der Waals surface area contributed by atoms with Crippen LogP contribution in [0.15, 0.2) is 103 Å². The van der Waals surface area contributed by atoms with Gasteiger partial charge < -0.3 is 4.57 Å². The monoisotopic (exact) mass is 503 g/mol. The van der Waals surface area contributed by atoms with Crippen LogP contribution >= 0.6 is 7.29 Å². The molecule has 2 aliphatic carbocycles. The van der Waals surface area contributed by atoms with Gasteiger partial charge in [0.1, 0.15) is 5.78 Å². The average molecular weight is 504 g/mol. The standard InChI is InChI=1S/C33H30NO2P/c1-34-32(25-12-3-2-4-13-25)30-21-18-24-11-6-8-16-29(24)33(30,26-19-20-27(35)22-26)37(34,36)31-17-9-14-23-10-5-7-15-28(23)31/h2-18,21,26,30,32H,19-20,22H2,1H3/t26-,30+,32-,33+,37+/m0/s1. The highest BCUT2D eigenvalue weighted by Gasteiger charge is 2.70. The Hall–Kier alpha value is -3.26. The summed E-state index contributed by atoms with van der Waals surface area (Å²) < 4.78 is 18.7. The molecular weight excluding hydrogens is 473 g/mol. The van der Waals surface area contributed by atoms with Crippen molar-refractivity contribution in [1.82, 2.24) is 4.67 Å². The fraction of sp³-hybridized carbons (Fsp3) is 0.242. The summed E-state index contributed by atoms with van der Waals surface area (Å²) in [5.41, 5.74) is 3.44. The van der Waals surface area contributed by atoms with Gasteiger partial charge in [0.15, 0.2) is 7.29 Å². The van der Waals surface area contributed by atoms with Crippen LogP contribution < -0.4 is 5.30 Å². The maximum absolute atomic E-state index is 16.5. The molecule has 7 rings (SSSR count). The predicted octanol–water partition coefficient (Wildman–Crippen LogP) is 7.34. The van der Waals surface area contributed by atoms with Crippen LogP contribution in [-0.2, 0) is 14.5 Å². The van der Waals surface area contributed by atoms with Gasteiger partial charge in [-0.3, -0.25) is 4.79 Å². The van der Waals surface area contributed by atoms with E-state index in [1.54, 1.807) is 0 Å². The van der Waals surface area contributed by atoms with Gasteiger partial charge in [0, 0.05) is 30.1 Å². The van der Waals surface area contributed by atoms with Gasteiger partial charge >= 0.3 is 0 Å². The van der Waals surface area contributed by atoms with E-state index in [2.05, 4.69) is 96.7 Å². The molecule has 4 aromatic rings. The van der Waals surface area contributed by atoms with Crippen molar-refractivity contribution in [2.24, 2.45) is 11.8 Å². The molecule has 4 aromatic carbocycles. The Morgan fingerprint density at radius 2 is 1.59 bits per heavy atom. The van der Waals surface area contributed by atoms with Crippen LogP contribution in [0, 0.1) is 11.8 Å². The second kappa shape index (κ2) is 8.38. The first-order chi connectivity index (χ1) is 18.1. The fourth-order valence-corrected chi connectivity index (χ4v) is 12.3. The summed E-state index contributed by atoms with van der Waals surface area (Å²) >= 11 is 0. The molecule has 1 saturated carbocycles. The van der Waals surface area contributed by atoms with Gasteiger partial charge in [-0.2, -0.15) is 0 Å². The van der Waals surface area contributed by atoms with Crippen molar-refractivity contribution >= 4 is 35.2 Å². The maximum atomic E-state index is 16.5. The minimum Gasteiger partial charge on any atom is -0.300 e. The van der Waals surface area contributed by atoms with Gasteiger partial charge in [-0.1, -0.05) is 103 Å². The summed E-state index contributed by atoms with van der Waals surface area (Å²) in [6.45, 7) is 0. The molecule has 0 aromatic heterocycles. The number of carbonyl (C=O) groups is 1. The van der Waals surface area contributed by atoms with Crippen molar-refractivity contribution in [2.75, 3.05) is 7.05 Å². The quantitative estimate of drug-likeness (QED) is 0.275. The van der Waals surface area contributed by atoms with Crippen molar-refractivity contribution in [3.63, 3.8) is 0 Å². The van der Waals surface area contributed by atoms with Gasteiger partial charge in [0.05, 0.1) is 5.16 Å². The molecule has 1 aliphatic heterocycles. The molecule has 1 heterocycles. The van der Waals surface area contributed by atoms with E-state index in [0.29, 0.717) is 18.6 Å². The van der Waals surface area contributed by atoms with Crippen LogP contribution in [0.1, 0.15) is 42.0 Å². The molecule has 1 saturated heterocycles.